The van der Waals surface area contributed by atoms with E-state index in [4.69, 9.17) is 21.1 Å². The Bertz CT molecular complexity index is 1430. The van der Waals surface area contributed by atoms with Gasteiger partial charge in [0.15, 0.2) is 0 Å². The lowest BCUT2D eigenvalue weighted by atomic mass is 10.0. The summed E-state index contributed by atoms with van der Waals surface area (Å²) in [6, 6.07) is 16.0. The fourth-order valence-corrected chi connectivity index (χ4v) is 3.58. The number of esters is 1. The van der Waals surface area contributed by atoms with Gasteiger partial charge in [-0.1, -0.05) is 11.6 Å². The van der Waals surface area contributed by atoms with Crippen LogP contribution in [0.3, 0.4) is 0 Å². The van der Waals surface area contributed by atoms with Crippen molar-refractivity contribution in [3.05, 3.63) is 87.5 Å². The van der Waals surface area contributed by atoms with E-state index in [0.717, 1.165) is 12.1 Å². The molecule has 35 heavy (non-hydrogen) atoms. The molecule has 1 heterocycles. The van der Waals surface area contributed by atoms with Crippen LogP contribution in [0.1, 0.15) is 17.3 Å². The van der Waals surface area contributed by atoms with Gasteiger partial charge in [0.2, 0.25) is 5.43 Å². The number of nitrogens with one attached hydrogen (secondary N) is 1. The van der Waals surface area contributed by atoms with Gasteiger partial charge >= 0.3 is 12.3 Å². The normalized spacial score (nSPS) is 11.3. The van der Waals surface area contributed by atoms with Gasteiger partial charge < -0.3 is 19.2 Å². The Morgan fingerprint density at radius 1 is 0.943 bits per heavy atom. The van der Waals surface area contributed by atoms with E-state index < -0.39 is 17.8 Å². The number of hydrogen-bond acceptors (Lipinski definition) is 5. The molecule has 0 saturated heterocycles. The molecule has 0 spiro atoms. The highest BCUT2D eigenvalue weighted by atomic mass is 35.5. The predicted molar refractivity (Wildman–Crippen MR) is 124 cm³/mol. The van der Waals surface area contributed by atoms with Crippen molar-refractivity contribution in [3.63, 3.8) is 0 Å². The molecule has 10 heteroatoms. The van der Waals surface area contributed by atoms with Crippen molar-refractivity contribution in [1.29, 1.82) is 0 Å². The topological polar surface area (TPSA) is 77.6 Å². The summed E-state index contributed by atoms with van der Waals surface area (Å²) in [6.07, 6.45) is -4.78. The minimum atomic E-state index is -4.78. The van der Waals surface area contributed by atoms with Crippen molar-refractivity contribution < 1.29 is 32.2 Å². The highest BCUT2D eigenvalue weighted by Crippen LogP contribution is 2.30. The van der Waals surface area contributed by atoms with Crippen molar-refractivity contribution in [1.82, 2.24) is 4.98 Å². The molecule has 6 nitrogen and oxygen atoms in total. The molecule has 4 rings (SSSR count). The summed E-state index contributed by atoms with van der Waals surface area (Å²) < 4.78 is 51.5. The van der Waals surface area contributed by atoms with Gasteiger partial charge in [0.05, 0.1) is 17.8 Å². The molecule has 0 atom stereocenters. The number of rotatable bonds is 6. The smallest absolute Gasteiger partial charge is 0.462 e. The Morgan fingerprint density at radius 3 is 2.14 bits per heavy atom. The van der Waals surface area contributed by atoms with Gasteiger partial charge in [0, 0.05) is 10.4 Å². The number of carbonyl (C=O) groups excluding carboxylic acids is 1. The van der Waals surface area contributed by atoms with Crippen molar-refractivity contribution in [3.8, 4) is 28.5 Å². The predicted octanol–water partition coefficient (Wildman–Crippen LogP) is 6.72. The second-order valence-corrected chi connectivity index (χ2v) is 7.70. The molecular weight excluding hydrogens is 487 g/mol. The highest BCUT2D eigenvalue weighted by molar-refractivity contribution is 6.31. The highest BCUT2D eigenvalue weighted by Gasteiger charge is 2.31. The van der Waals surface area contributed by atoms with E-state index in [1.54, 1.807) is 43.3 Å². The average molecular weight is 504 g/mol. The number of H-pyrrole nitrogens is 1. The lowest BCUT2D eigenvalue weighted by Gasteiger charge is -2.12. The van der Waals surface area contributed by atoms with Gasteiger partial charge in [-0.25, -0.2) is 4.79 Å². The number of carbonyl (C=O) groups is 1. The summed E-state index contributed by atoms with van der Waals surface area (Å²) in [7, 11) is 0. The van der Waals surface area contributed by atoms with Crippen LogP contribution in [0, 0.1) is 0 Å². The van der Waals surface area contributed by atoms with Gasteiger partial charge in [0.25, 0.3) is 0 Å². The van der Waals surface area contributed by atoms with Crippen LogP contribution >= 0.6 is 11.6 Å². The molecule has 1 N–H and O–H groups in total. The number of fused-ring (bicyclic) bond motifs is 1. The standard InChI is InChI=1S/C25H17ClF3NO5/c1-2-33-24(32)21-22(30-20-13-15(26)5-12-19(20)23(21)31)14-3-6-16(7-4-14)34-17-8-10-18(11-9-17)35-25(27,28)29/h3-13H,2H2,1H3,(H,30,31). The largest absolute Gasteiger partial charge is 0.573 e. The van der Waals surface area contributed by atoms with Gasteiger partial charge in [-0.05, 0) is 79.2 Å². The molecule has 0 unspecified atom stereocenters. The van der Waals surface area contributed by atoms with E-state index in [1.165, 1.54) is 18.2 Å². The number of benzene rings is 3. The fraction of sp³-hybridized carbons (Fsp3) is 0.120. The van der Waals surface area contributed by atoms with Crippen LogP contribution in [-0.2, 0) is 4.74 Å². The molecule has 0 fully saturated rings. The fourth-order valence-electron chi connectivity index (χ4n) is 3.41. The molecule has 0 aliphatic carbocycles. The van der Waals surface area contributed by atoms with Crippen LogP contribution in [0.2, 0.25) is 5.02 Å². The Labute approximate surface area is 201 Å². The molecule has 3 aromatic carbocycles. The minimum Gasteiger partial charge on any atom is -0.462 e. The number of hydrogen-bond donors (Lipinski definition) is 1. The quantitative estimate of drug-likeness (QED) is 0.296. The first-order valence-corrected chi connectivity index (χ1v) is 10.7. The molecule has 0 amide bonds. The maximum absolute atomic E-state index is 13.1. The number of ether oxygens (including phenoxy) is 3. The summed E-state index contributed by atoms with van der Waals surface area (Å²) in [5.41, 5.74) is 0.574. The van der Waals surface area contributed by atoms with E-state index >= 15 is 0 Å². The van der Waals surface area contributed by atoms with Crippen LogP contribution in [-0.4, -0.2) is 23.9 Å². The molecule has 180 valence electrons. The SMILES string of the molecule is CCOC(=O)c1c(-c2ccc(Oc3ccc(OC(F)(F)F)cc3)cc2)[nH]c2cc(Cl)ccc2c1=O. The molecule has 1 aromatic heterocycles. The summed E-state index contributed by atoms with van der Waals surface area (Å²) in [4.78, 5) is 28.8. The van der Waals surface area contributed by atoms with Gasteiger partial charge in [-0.15, -0.1) is 13.2 Å². The molecule has 0 radical (unpaired) electrons. The maximum Gasteiger partial charge on any atom is 0.573 e. The number of halogens is 4. The van der Waals surface area contributed by atoms with E-state index in [0.29, 0.717) is 27.2 Å². The first-order valence-electron chi connectivity index (χ1n) is 10.3. The maximum atomic E-state index is 13.1. The Balaban J connectivity index is 1.66. The van der Waals surface area contributed by atoms with Crippen molar-refractivity contribution in [2.75, 3.05) is 6.61 Å². The lowest BCUT2D eigenvalue weighted by Crippen LogP contribution is -2.20. The second kappa shape index (κ2) is 9.71. The number of alkyl halides is 3. The molecule has 0 aliphatic rings. The van der Waals surface area contributed by atoms with Crippen LogP contribution in [0.4, 0.5) is 13.2 Å². The van der Waals surface area contributed by atoms with Crippen molar-refractivity contribution >= 4 is 28.5 Å². The molecular formula is C25H17ClF3NO5. The summed E-state index contributed by atoms with van der Waals surface area (Å²) >= 11 is 6.07. The summed E-state index contributed by atoms with van der Waals surface area (Å²) in [6.45, 7) is 1.73. The van der Waals surface area contributed by atoms with Gasteiger partial charge in [-0.3, -0.25) is 4.79 Å². The van der Waals surface area contributed by atoms with E-state index in [1.807, 2.05) is 0 Å². The Morgan fingerprint density at radius 2 is 1.54 bits per heavy atom. The van der Waals surface area contributed by atoms with Crippen molar-refractivity contribution in [2.24, 2.45) is 0 Å². The summed E-state index contributed by atoms with van der Waals surface area (Å²) in [5.74, 6) is -0.468. The van der Waals surface area contributed by atoms with Gasteiger partial charge in [-0.2, -0.15) is 0 Å². The molecule has 4 aromatic rings. The van der Waals surface area contributed by atoms with E-state index in [-0.39, 0.29) is 29.4 Å². The van der Waals surface area contributed by atoms with Gasteiger partial charge in [0.1, 0.15) is 22.8 Å². The zero-order valence-corrected chi connectivity index (χ0v) is 18.9. The second-order valence-electron chi connectivity index (χ2n) is 7.26. The average Bonchev–Trinajstić information content (AvgIpc) is 2.79. The van der Waals surface area contributed by atoms with E-state index in [2.05, 4.69) is 9.72 Å². The zero-order chi connectivity index (χ0) is 25.2. The van der Waals surface area contributed by atoms with Crippen LogP contribution < -0.4 is 14.9 Å². The first kappa shape index (κ1) is 24.2. The third kappa shape index (κ3) is 5.58. The van der Waals surface area contributed by atoms with Crippen LogP contribution in [0.15, 0.2) is 71.5 Å². The lowest BCUT2D eigenvalue weighted by molar-refractivity contribution is -0.274. The zero-order valence-electron chi connectivity index (χ0n) is 18.1. The minimum absolute atomic E-state index is 0.0932. The van der Waals surface area contributed by atoms with Crippen LogP contribution in [0.5, 0.6) is 17.2 Å². The number of pyridine rings is 1. The first-order chi connectivity index (χ1) is 16.6. The summed E-state index contributed by atoms with van der Waals surface area (Å²) in [5, 5.41) is 0.706. The number of aromatic amines is 1. The Kier molecular flexibility index (Phi) is 6.70. The molecule has 0 saturated carbocycles. The monoisotopic (exact) mass is 503 g/mol. The molecule has 0 aliphatic heterocycles. The number of aromatic nitrogens is 1. The van der Waals surface area contributed by atoms with E-state index in [9.17, 15) is 22.8 Å². The third-order valence-corrected chi connectivity index (χ3v) is 5.11. The van der Waals surface area contributed by atoms with Crippen molar-refractivity contribution in [2.45, 2.75) is 13.3 Å². The third-order valence-electron chi connectivity index (χ3n) is 4.88. The van der Waals surface area contributed by atoms with Crippen LogP contribution in [0.25, 0.3) is 22.2 Å². The Hall–Kier alpha value is -3.98. The molecule has 0 bridgehead atoms.